The van der Waals surface area contributed by atoms with E-state index in [4.69, 9.17) is 17.0 Å². The summed E-state index contributed by atoms with van der Waals surface area (Å²) < 4.78 is 46.4. The van der Waals surface area contributed by atoms with Crippen LogP contribution in [0.15, 0.2) is 54.6 Å². The van der Waals surface area contributed by atoms with E-state index in [0.29, 0.717) is 18.7 Å². The minimum atomic E-state index is -5.18. The maximum absolute atomic E-state index is 13.8. The molecule has 0 unspecified atom stereocenters. The van der Waals surface area contributed by atoms with Crippen LogP contribution >= 0.6 is 12.2 Å². The van der Waals surface area contributed by atoms with Crippen molar-refractivity contribution in [1.29, 1.82) is 0 Å². The van der Waals surface area contributed by atoms with Crippen molar-refractivity contribution in [2.45, 2.75) is 38.3 Å². The first-order valence-electron chi connectivity index (χ1n) is 10.5. The molecule has 0 aliphatic carbocycles. The largest absolute Gasteiger partial charge is 0.466 e. The predicted molar refractivity (Wildman–Crippen MR) is 122 cm³/mol. The molecule has 6 nitrogen and oxygen atoms in total. The number of esters is 1. The van der Waals surface area contributed by atoms with Crippen LogP contribution in [0.3, 0.4) is 0 Å². The Morgan fingerprint density at radius 1 is 1.15 bits per heavy atom. The molecule has 0 amide bonds. The third kappa shape index (κ3) is 5.22. The lowest BCUT2D eigenvalue weighted by atomic mass is 9.82. The van der Waals surface area contributed by atoms with E-state index in [0.717, 1.165) is 11.3 Å². The summed E-state index contributed by atoms with van der Waals surface area (Å²) in [6.07, 6.45) is -5.18. The summed E-state index contributed by atoms with van der Waals surface area (Å²) in [7, 11) is 0. The SMILES string of the molecule is CCOC(=O)[C@H]1[C@H](c2ccc(N(CC)Cc3ccccc3)cc2)NC(=S)N[C@@]1(O)C(F)(F)F. The fourth-order valence-electron chi connectivity index (χ4n) is 3.90. The highest BCUT2D eigenvalue weighted by Gasteiger charge is 2.66. The smallest absolute Gasteiger partial charge is 0.437 e. The quantitative estimate of drug-likeness (QED) is 0.412. The number of hydrogen-bond acceptors (Lipinski definition) is 5. The third-order valence-corrected chi connectivity index (χ3v) is 5.78. The van der Waals surface area contributed by atoms with Gasteiger partial charge in [-0.2, -0.15) is 13.2 Å². The summed E-state index contributed by atoms with van der Waals surface area (Å²) in [5.74, 6) is -3.20. The van der Waals surface area contributed by atoms with E-state index in [1.807, 2.05) is 42.6 Å². The minimum Gasteiger partial charge on any atom is -0.466 e. The number of anilines is 1. The molecule has 3 N–H and O–H groups in total. The van der Waals surface area contributed by atoms with Crippen molar-refractivity contribution in [1.82, 2.24) is 10.6 Å². The van der Waals surface area contributed by atoms with Gasteiger partial charge in [-0.15, -0.1) is 0 Å². The molecular formula is C23H26F3N3O3S. The summed E-state index contributed by atoms with van der Waals surface area (Å²) in [6.45, 7) is 4.72. The number of ether oxygens (including phenoxy) is 1. The second kappa shape index (κ2) is 9.96. The van der Waals surface area contributed by atoms with Crippen molar-refractivity contribution >= 4 is 29.0 Å². The average molecular weight is 482 g/mol. The first-order chi connectivity index (χ1) is 15.6. The molecule has 1 saturated heterocycles. The predicted octanol–water partition coefficient (Wildman–Crippen LogP) is 3.66. The summed E-state index contributed by atoms with van der Waals surface area (Å²) in [6, 6.07) is 15.4. The molecule has 0 bridgehead atoms. The van der Waals surface area contributed by atoms with Gasteiger partial charge < -0.3 is 25.4 Å². The van der Waals surface area contributed by atoms with Gasteiger partial charge in [-0.05, 0) is 49.3 Å². The Morgan fingerprint density at radius 2 is 1.79 bits per heavy atom. The lowest BCUT2D eigenvalue weighted by Gasteiger charge is -2.45. The number of benzene rings is 2. The Labute approximate surface area is 195 Å². The molecule has 0 saturated carbocycles. The first kappa shape index (κ1) is 24.8. The molecule has 2 aromatic rings. The fourth-order valence-corrected chi connectivity index (χ4v) is 4.18. The van der Waals surface area contributed by atoms with E-state index in [1.54, 1.807) is 24.3 Å². The zero-order valence-corrected chi connectivity index (χ0v) is 19.0. The van der Waals surface area contributed by atoms with E-state index in [1.165, 1.54) is 6.92 Å². The Kier molecular flexibility index (Phi) is 7.48. The number of carbonyl (C=O) groups excluding carboxylic acids is 1. The number of carbonyl (C=O) groups is 1. The third-order valence-electron chi connectivity index (χ3n) is 5.56. The number of thiocarbonyl (C=S) groups is 1. The molecule has 1 heterocycles. The van der Waals surface area contributed by atoms with Crippen LogP contribution in [0.4, 0.5) is 18.9 Å². The van der Waals surface area contributed by atoms with Crippen molar-refractivity contribution in [3.05, 3.63) is 65.7 Å². The van der Waals surface area contributed by atoms with Crippen LogP contribution in [-0.2, 0) is 16.1 Å². The van der Waals surface area contributed by atoms with Crippen LogP contribution in [-0.4, -0.2) is 41.2 Å². The van der Waals surface area contributed by atoms with Gasteiger partial charge in [0, 0.05) is 18.8 Å². The molecule has 0 aromatic heterocycles. The molecule has 1 fully saturated rings. The van der Waals surface area contributed by atoms with E-state index < -0.39 is 34.9 Å². The van der Waals surface area contributed by atoms with Crippen LogP contribution in [0.2, 0.25) is 0 Å². The van der Waals surface area contributed by atoms with Crippen LogP contribution in [0.1, 0.15) is 31.0 Å². The van der Waals surface area contributed by atoms with E-state index in [9.17, 15) is 23.1 Å². The van der Waals surface area contributed by atoms with Crippen molar-refractivity contribution in [3.8, 4) is 0 Å². The fraction of sp³-hybridized carbons (Fsp3) is 0.391. The molecule has 1 aliphatic rings. The van der Waals surface area contributed by atoms with Crippen LogP contribution < -0.4 is 15.5 Å². The molecule has 178 valence electrons. The Bertz CT molecular complexity index is 972. The van der Waals surface area contributed by atoms with Gasteiger partial charge in [0.15, 0.2) is 5.11 Å². The molecule has 0 radical (unpaired) electrons. The number of nitrogens with one attached hydrogen (secondary N) is 2. The second-order valence-corrected chi connectivity index (χ2v) is 8.07. The zero-order valence-electron chi connectivity index (χ0n) is 18.2. The Balaban J connectivity index is 1.93. The lowest BCUT2D eigenvalue weighted by molar-refractivity contribution is -0.292. The number of aliphatic hydroxyl groups is 1. The van der Waals surface area contributed by atoms with Gasteiger partial charge in [0.25, 0.3) is 5.72 Å². The highest BCUT2D eigenvalue weighted by molar-refractivity contribution is 7.80. The molecule has 0 spiro atoms. The molecule has 1 aliphatic heterocycles. The van der Waals surface area contributed by atoms with Crippen LogP contribution in [0, 0.1) is 5.92 Å². The van der Waals surface area contributed by atoms with Crippen molar-refractivity contribution in [3.63, 3.8) is 0 Å². The van der Waals surface area contributed by atoms with Gasteiger partial charge >= 0.3 is 12.1 Å². The molecule has 2 aromatic carbocycles. The van der Waals surface area contributed by atoms with Crippen LogP contribution in [0.25, 0.3) is 0 Å². The van der Waals surface area contributed by atoms with Gasteiger partial charge in [-0.1, -0.05) is 42.5 Å². The summed E-state index contributed by atoms with van der Waals surface area (Å²) in [4.78, 5) is 14.7. The first-order valence-corrected chi connectivity index (χ1v) is 10.9. The molecule has 3 atom stereocenters. The zero-order chi connectivity index (χ0) is 24.2. The van der Waals surface area contributed by atoms with Crippen LogP contribution in [0.5, 0.6) is 0 Å². The number of rotatable bonds is 7. The highest BCUT2D eigenvalue weighted by atomic mass is 32.1. The van der Waals surface area contributed by atoms with E-state index in [2.05, 4.69) is 10.2 Å². The summed E-state index contributed by atoms with van der Waals surface area (Å²) >= 11 is 4.92. The minimum absolute atomic E-state index is 0.135. The number of halogens is 3. The Hall–Kier alpha value is -2.85. The number of hydrogen-bond donors (Lipinski definition) is 3. The van der Waals surface area contributed by atoms with E-state index in [-0.39, 0.29) is 6.61 Å². The van der Waals surface area contributed by atoms with Gasteiger partial charge in [-0.3, -0.25) is 4.79 Å². The van der Waals surface area contributed by atoms with Gasteiger partial charge in [-0.25, -0.2) is 0 Å². The number of alkyl halides is 3. The summed E-state index contributed by atoms with van der Waals surface area (Å²) in [5.41, 5.74) is -1.24. The normalized spacial score (nSPS) is 22.8. The van der Waals surface area contributed by atoms with E-state index >= 15 is 0 Å². The maximum Gasteiger partial charge on any atom is 0.437 e. The standard InChI is InChI=1S/C23H26F3N3O3S/c1-3-29(14-15-8-6-5-7-9-15)17-12-10-16(11-13-17)19-18(20(30)32-4-2)22(31,23(24,25)26)28-21(33)27-19/h5-13,18-19,31H,3-4,14H2,1-2H3,(H2,27,28,33)/t18-,19+,22+/m1/s1. The van der Waals surface area contributed by atoms with Gasteiger partial charge in [0.1, 0.15) is 5.92 Å². The van der Waals surface area contributed by atoms with Gasteiger partial charge in [0.05, 0.1) is 12.6 Å². The molecular weight excluding hydrogens is 455 g/mol. The van der Waals surface area contributed by atoms with Gasteiger partial charge in [0.2, 0.25) is 0 Å². The second-order valence-electron chi connectivity index (χ2n) is 7.66. The topological polar surface area (TPSA) is 73.8 Å². The lowest BCUT2D eigenvalue weighted by Crippen LogP contribution is -2.73. The number of nitrogens with zero attached hydrogens (tertiary/aromatic N) is 1. The molecule has 10 heteroatoms. The monoisotopic (exact) mass is 481 g/mol. The maximum atomic E-state index is 13.8. The summed E-state index contributed by atoms with van der Waals surface area (Å²) in [5, 5.41) is 14.7. The molecule has 3 rings (SSSR count). The average Bonchev–Trinajstić information content (AvgIpc) is 2.77. The van der Waals surface area contributed by atoms with Crippen molar-refractivity contribution in [2.24, 2.45) is 5.92 Å². The van der Waals surface area contributed by atoms with Crippen molar-refractivity contribution < 1.29 is 27.8 Å². The molecule has 33 heavy (non-hydrogen) atoms. The Morgan fingerprint density at radius 3 is 2.33 bits per heavy atom. The van der Waals surface area contributed by atoms with Crippen molar-refractivity contribution in [2.75, 3.05) is 18.1 Å². The highest BCUT2D eigenvalue weighted by Crippen LogP contribution is 2.43.